The van der Waals surface area contributed by atoms with Gasteiger partial charge in [0.2, 0.25) is 15.9 Å². The number of methoxy groups -OCH3 is 1. The smallest absolute Gasteiger partial charge is 0.248 e. The molecule has 2 aromatic rings. The van der Waals surface area contributed by atoms with E-state index in [1.54, 1.807) is 19.1 Å². The van der Waals surface area contributed by atoms with Crippen LogP contribution in [0, 0.1) is 5.82 Å². The first-order chi connectivity index (χ1) is 12.4. The summed E-state index contributed by atoms with van der Waals surface area (Å²) < 4.78 is 44.5. The molecular weight excluding hydrogens is 359 g/mol. The van der Waals surface area contributed by atoms with E-state index in [1.807, 2.05) is 0 Å². The average Bonchev–Trinajstić information content (AvgIpc) is 2.60. The molecule has 0 heterocycles. The zero-order valence-electron chi connectivity index (χ0n) is 14.3. The fraction of sp³-hybridized carbons (Fsp3) is 0.167. The van der Waals surface area contributed by atoms with Crippen molar-refractivity contribution < 1.29 is 22.3 Å². The Bertz CT molecular complexity index is 909. The molecule has 138 valence electrons. The van der Waals surface area contributed by atoms with Crippen molar-refractivity contribution in [2.24, 2.45) is 0 Å². The van der Waals surface area contributed by atoms with Crippen LogP contribution in [-0.2, 0) is 14.8 Å². The molecule has 0 radical (unpaired) electrons. The van der Waals surface area contributed by atoms with Gasteiger partial charge in [0, 0.05) is 24.4 Å². The van der Waals surface area contributed by atoms with E-state index in [1.165, 1.54) is 43.5 Å². The first-order valence-electron chi connectivity index (χ1n) is 7.78. The van der Waals surface area contributed by atoms with E-state index >= 15 is 0 Å². The zero-order valence-corrected chi connectivity index (χ0v) is 15.1. The number of benzene rings is 2. The number of rotatable bonds is 7. The van der Waals surface area contributed by atoms with E-state index in [0.717, 1.165) is 6.07 Å². The van der Waals surface area contributed by atoms with Crippen molar-refractivity contribution in [3.8, 4) is 5.75 Å². The molecule has 0 unspecified atom stereocenters. The lowest BCUT2D eigenvalue weighted by molar-refractivity contribution is -0.111. The van der Waals surface area contributed by atoms with Crippen molar-refractivity contribution in [1.29, 1.82) is 0 Å². The van der Waals surface area contributed by atoms with Gasteiger partial charge in [0.25, 0.3) is 0 Å². The first kappa shape index (κ1) is 19.6. The number of carbonyl (C=O) groups is 1. The molecule has 1 amide bonds. The summed E-state index contributed by atoms with van der Waals surface area (Å²) in [5.41, 5.74) is 0.946. The van der Waals surface area contributed by atoms with Crippen LogP contribution in [0.1, 0.15) is 12.5 Å². The van der Waals surface area contributed by atoms with Crippen molar-refractivity contribution in [2.45, 2.75) is 11.8 Å². The Morgan fingerprint density at radius 2 is 1.88 bits per heavy atom. The molecule has 2 rings (SSSR count). The molecule has 0 saturated heterocycles. The number of amides is 1. The van der Waals surface area contributed by atoms with Gasteiger partial charge < -0.3 is 10.1 Å². The van der Waals surface area contributed by atoms with Gasteiger partial charge in [-0.15, -0.1) is 0 Å². The van der Waals surface area contributed by atoms with E-state index in [9.17, 15) is 17.6 Å². The number of ether oxygens (including phenoxy) is 1. The third kappa shape index (κ3) is 5.14. The Hall–Kier alpha value is -2.71. The number of carbonyl (C=O) groups excluding carboxylic acids is 1. The van der Waals surface area contributed by atoms with Gasteiger partial charge in [-0.25, -0.2) is 17.5 Å². The van der Waals surface area contributed by atoms with E-state index < -0.39 is 21.7 Å². The third-order valence-corrected chi connectivity index (χ3v) is 4.93. The standard InChI is InChI=1S/C18H19FN2O4S/c1-3-20-26(23,24)15-8-4-13(5-9-15)6-11-18(22)21-14-7-10-17(25-2)16(19)12-14/h4-12,20H,3H2,1-2H3,(H,21,22)/b11-6+. The molecule has 2 N–H and O–H groups in total. The van der Waals surface area contributed by atoms with Gasteiger partial charge >= 0.3 is 0 Å². The van der Waals surface area contributed by atoms with Gasteiger partial charge in [-0.3, -0.25) is 4.79 Å². The van der Waals surface area contributed by atoms with Crippen LogP contribution >= 0.6 is 0 Å². The third-order valence-electron chi connectivity index (χ3n) is 3.37. The Kier molecular flexibility index (Phi) is 6.48. The van der Waals surface area contributed by atoms with Crippen molar-refractivity contribution in [3.63, 3.8) is 0 Å². The second-order valence-corrected chi connectivity index (χ2v) is 7.01. The predicted molar refractivity (Wildman–Crippen MR) is 97.9 cm³/mol. The fourth-order valence-corrected chi connectivity index (χ4v) is 3.17. The van der Waals surface area contributed by atoms with Gasteiger partial charge in [-0.1, -0.05) is 19.1 Å². The van der Waals surface area contributed by atoms with E-state index in [4.69, 9.17) is 4.74 Å². The number of nitrogens with one attached hydrogen (secondary N) is 2. The quantitative estimate of drug-likeness (QED) is 0.726. The normalized spacial score (nSPS) is 11.5. The lowest BCUT2D eigenvalue weighted by Crippen LogP contribution is -2.22. The highest BCUT2D eigenvalue weighted by molar-refractivity contribution is 7.89. The van der Waals surface area contributed by atoms with Crippen LogP contribution in [0.5, 0.6) is 5.75 Å². The summed E-state index contributed by atoms with van der Waals surface area (Å²) in [4.78, 5) is 12.1. The lowest BCUT2D eigenvalue weighted by atomic mass is 10.2. The van der Waals surface area contributed by atoms with Crippen molar-refractivity contribution in [3.05, 3.63) is 59.9 Å². The number of anilines is 1. The molecule has 0 aliphatic carbocycles. The minimum Gasteiger partial charge on any atom is -0.494 e. The van der Waals surface area contributed by atoms with Gasteiger partial charge in [-0.05, 0) is 35.9 Å². The molecule has 0 bridgehead atoms. The Morgan fingerprint density at radius 1 is 1.19 bits per heavy atom. The maximum Gasteiger partial charge on any atom is 0.248 e. The molecule has 0 atom stereocenters. The summed E-state index contributed by atoms with van der Waals surface area (Å²) in [6.45, 7) is 2.00. The van der Waals surface area contributed by atoms with E-state index in [0.29, 0.717) is 17.8 Å². The highest BCUT2D eigenvalue weighted by Crippen LogP contribution is 2.20. The summed E-state index contributed by atoms with van der Waals surface area (Å²) in [5, 5.41) is 2.53. The van der Waals surface area contributed by atoms with Gasteiger partial charge in [0.15, 0.2) is 11.6 Å². The molecule has 0 aliphatic rings. The number of hydrogen-bond donors (Lipinski definition) is 2. The highest BCUT2D eigenvalue weighted by Gasteiger charge is 2.11. The predicted octanol–water partition coefficient (Wildman–Crippen LogP) is 2.78. The monoisotopic (exact) mass is 378 g/mol. The zero-order chi connectivity index (χ0) is 19.2. The minimum atomic E-state index is -3.51. The minimum absolute atomic E-state index is 0.0890. The van der Waals surface area contributed by atoms with E-state index in [-0.39, 0.29) is 10.6 Å². The Labute approximate surface area is 151 Å². The van der Waals surface area contributed by atoms with Gasteiger partial charge in [0.1, 0.15) is 0 Å². The maximum absolute atomic E-state index is 13.6. The van der Waals surface area contributed by atoms with Crippen LogP contribution in [0.3, 0.4) is 0 Å². The van der Waals surface area contributed by atoms with Crippen molar-refractivity contribution in [1.82, 2.24) is 4.72 Å². The summed E-state index contributed by atoms with van der Waals surface area (Å²) in [6, 6.07) is 10.2. The van der Waals surface area contributed by atoms with Crippen LogP contribution in [0.25, 0.3) is 6.08 Å². The highest BCUT2D eigenvalue weighted by atomic mass is 32.2. The van der Waals surface area contributed by atoms with Crippen LogP contribution < -0.4 is 14.8 Å². The molecule has 0 spiro atoms. The molecule has 0 aromatic heterocycles. The number of halogens is 1. The van der Waals surface area contributed by atoms with Crippen LogP contribution in [0.2, 0.25) is 0 Å². The molecule has 0 aliphatic heterocycles. The van der Waals surface area contributed by atoms with Gasteiger partial charge in [-0.2, -0.15) is 0 Å². The topological polar surface area (TPSA) is 84.5 Å². The first-order valence-corrected chi connectivity index (χ1v) is 9.26. The van der Waals surface area contributed by atoms with E-state index in [2.05, 4.69) is 10.0 Å². The Balaban J connectivity index is 2.03. The summed E-state index contributed by atoms with van der Waals surface area (Å²) >= 11 is 0. The van der Waals surface area contributed by atoms with Crippen LogP contribution in [-0.4, -0.2) is 28.0 Å². The van der Waals surface area contributed by atoms with Crippen LogP contribution in [0.15, 0.2) is 53.4 Å². The molecular formula is C18H19FN2O4S. The maximum atomic E-state index is 13.6. The lowest BCUT2D eigenvalue weighted by Gasteiger charge is -2.06. The molecule has 8 heteroatoms. The molecule has 6 nitrogen and oxygen atoms in total. The van der Waals surface area contributed by atoms with Crippen LogP contribution in [0.4, 0.5) is 10.1 Å². The van der Waals surface area contributed by atoms with Crippen molar-refractivity contribution >= 4 is 27.7 Å². The molecule has 0 saturated carbocycles. The molecule has 2 aromatic carbocycles. The summed E-state index contributed by atoms with van der Waals surface area (Å²) in [6.07, 6.45) is 2.80. The number of hydrogen-bond acceptors (Lipinski definition) is 4. The largest absolute Gasteiger partial charge is 0.494 e. The second-order valence-electron chi connectivity index (χ2n) is 5.24. The van der Waals surface area contributed by atoms with Gasteiger partial charge in [0.05, 0.1) is 12.0 Å². The fourth-order valence-electron chi connectivity index (χ4n) is 2.13. The van der Waals surface area contributed by atoms with Crippen molar-refractivity contribution in [2.75, 3.05) is 19.0 Å². The summed E-state index contributed by atoms with van der Waals surface area (Å²) in [7, 11) is -2.15. The molecule has 26 heavy (non-hydrogen) atoms. The second kappa shape index (κ2) is 8.59. The average molecular weight is 378 g/mol. The Morgan fingerprint density at radius 3 is 2.46 bits per heavy atom. The molecule has 0 fully saturated rings. The summed E-state index contributed by atoms with van der Waals surface area (Å²) in [5.74, 6) is -0.933. The SMILES string of the molecule is CCNS(=O)(=O)c1ccc(/C=C/C(=O)Nc2ccc(OC)c(F)c2)cc1. The number of sulfonamides is 1.